The number of aromatic nitrogens is 1. The second-order valence-corrected chi connectivity index (χ2v) is 22.8. The van der Waals surface area contributed by atoms with E-state index in [1.54, 1.807) is 38.9 Å². The number of hydrogen-bond donors (Lipinski definition) is 7. The molecule has 0 aliphatic carbocycles. The number of ether oxygens (including phenoxy) is 5. The number of alkyl halides is 1. The van der Waals surface area contributed by atoms with E-state index in [1.807, 2.05) is 71.9 Å². The van der Waals surface area contributed by atoms with E-state index in [2.05, 4.69) is 33.2 Å². The van der Waals surface area contributed by atoms with Crippen molar-refractivity contribution in [2.24, 2.45) is 23.2 Å². The highest BCUT2D eigenvalue weighted by Crippen LogP contribution is 2.59. The number of nitrogens with zero attached hydrogens (tertiary/aromatic N) is 3. The second-order valence-electron chi connectivity index (χ2n) is 20.6. The van der Waals surface area contributed by atoms with Gasteiger partial charge in [0.25, 0.3) is 5.91 Å². The van der Waals surface area contributed by atoms with Gasteiger partial charge in [-0.15, -0.1) is 0 Å². The minimum atomic E-state index is -5.14. The van der Waals surface area contributed by atoms with Gasteiger partial charge in [0.2, 0.25) is 0 Å². The number of nitrogens with one attached hydrogen (secondary N) is 1. The molecule has 1 aromatic heterocycles. The van der Waals surface area contributed by atoms with Crippen LogP contribution in [-0.4, -0.2) is 165 Å². The number of carbonyl (C=O) groups excluding carboxylic acids is 1. The van der Waals surface area contributed by atoms with Crippen molar-refractivity contribution in [1.29, 1.82) is 5.26 Å². The summed E-state index contributed by atoms with van der Waals surface area (Å²) in [6.45, 7) is 17.2. The highest BCUT2D eigenvalue weighted by molar-refractivity contribution is 9.09. The predicted octanol–water partition coefficient (Wildman–Crippen LogP) is 5.30. The third-order valence-corrected chi connectivity index (χ3v) is 17.2. The molecule has 3 saturated heterocycles. The van der Waals surface area contributed by atoms with Gasteiger partial charge in [0.05, 0.1) is 59.7 Å². The Morgan fingerprint density at radius 2 is 1.77 bits per heavy atom. The van der Waals surface area contributed by atoms with E-state index in [0.717, 1.165) is 11.1 Å². The number of halogens is 1. The average molecular weight is 1090 g/mol. The van der Waals surface area contributed by atoms with Crippen LogP contribution in [0.25, 0.3) is 6.08 Å². The van der Waals surface area contributed by atoms with Gasteiger partial charge in [-0.25, -0.2) is 9.55 Å². The number of oxazole rings is 1. The molecule has 402 valence electrons. The summed E-state index contributed by atoms with van der Waals surface area (Å²) in [7, 11) is 1.19. The number of phosphoric ester groups is 1. The van der Waals surface area contributed by atoms with Crippen LogP contribution in [0.15, 0.2) is 52.2 Å². The monoisotopic (exact) mass is 1090 g/mol. The summed E-state index contributed by atoms with van der Waals surface area (Å²) in [4.78, 5) is 39.3. The normalized spacial score (nSPS) is 32.6. The first-order valence-electron chi connectivity index (χ1n) is 24.2. The van der Waals surface area contributed by atoms with E-state index >= 15 is 0 Å². The van der Waals surface area contributed by atoms with Gasteiger partial charge < -0.3 is 68.5 Å². The van der Waals surface area contributed by atoms with Gasteiger partial charge in [-0.3, -0.25) is 9.32 Å². The molecule has 21 heteroatoms. The fourth-order valence-electron chi connectivity index (χ4n) is 9.91. The zero-order valence-corrected chi connectivity index (χ0v) is 45.9. The van der Waals surface area contributed by atoms with Crippen LogP contribution in [0.2, 0.25) is 0 Å². The molecule has 0 radical (unpaired) electrons. The van der Waals surface area contributed by atoms with Crippen molar-refractivity contribution in [3.05, 3.63) is 59.4 Å². The van der Waals surface area contributed by atoms with Gasteiger partial charge in [-0.2, -0.15) is 5.26 Å². The van der Waals surface area contributed by atoms with Crippen LogP contribution in [0.4, 0.5) is 0 Å². The third-order valence-electron chi connectivity index (χ3n) is 15.0. The fourth-order valence-corrected chi connectivity index (χ4v) is 11.4. The fraction of sp³-hybridized carbons (Fsp3) is 0.740. The van der Waals surface area contributed by atoms with Gasteiger partial charge in [-0.05, 0) is 70.8 Å². The molecule has 3 fully saturated rings. The van der Waals surface area contributed by atoms with E-state index in [-0.39, 0.29) is 49.1 Å². The molecular weight excluding hydrogens is 1010 g/mol. The Balaban J connectivity index is 1.46. The molecule has 3 aliphatic rings. The lowest BCUT2D eigenvalue weighted by molar-refractivity contribution is -0.334. The molecule has 19 nitrogen and oxygen atoms in total. The highest BCUT2D eigenvalue weighted by Gasteiger charge is 2.68. The number of aliphatic hydroxyl groups is 4. The van der Waals surface area contributed by atoms with E-state index < -0.39 is 103 Å². The third kappa shape index (κ3) is 14.6. The predicted molar refractivity (Wildman–Crippen MR) is 269 cm³/mol. The molecule has 3 aliphatic heterocycles. The number of phosphoric acid groups is 1. The van der Waals surface area contributed by atoms with Crippen LogP contribution in [-0.2, 0) is 37.6 Å². The topological polar surface area (TPSA) is 276 Å². The lowest BCUT2D eigenvalue weighted by atomic mass is 9.72. The number of amides is 1. The van der Waals surface area contributed by atoms with E-state index in [0.29, 0.717) is 18.0 Å². The molecule has 17 atom stereocenters. The van der Waals surface area contributed by atoms with Gasteiger partial charge >= 0.3 is 7.82 Å². The van der Waals surface area contributed by atoms with E-state index in [4.69, 9.17) is 37.9 Å². The molecule has 0 bridgehead atoms. The average Bonchev–Trinajstić information content (AvgIpc) is 3.93. The van der Waals surface area contributed by atoms with Crippen molar-refractivity contribution < 1.29 is 72.2 Å². The van der Waals surface area contributed by atoms with Crippen LogP contribution >= 0.6 is 23.8 Å². The quantitative estimate of drug-likeness (QED) is 0.0299. The molecule has 4 rings (SSSR count). The largest absolute Gasteiger partial charge is 0.469 e. The SMILES string of the molecule is COC[C@H]([C@@H](O)[C@@H](O)C(=O)NCC[C@@H](C)c1nc(/C=C/C[C@H]2O[C@]3(C[C@H](O)[C@H]2C)O[C@@H]([C@@H](C[C@@H](O)[C@@H](C)[C@H]2O[C@](C)(/C(C)=C/C=C/C(C)=C\C#N)[C@@H](Br)[C@@H]2C)OC)[C@@H](OP(=O)(O)O)C3(C)C)co1)N(C)C. The van der Waals surface area contributed by atoms with Crippen LogP contribution in [0.3, 0.4) is 0 Å². The number of rotatable bonds is 24. The molecule has 0 unspecified atom stereocenters. The Kier molecular flexibility index (Phi) is 22.0. The number of carbonyl (C=O) groups is 1. The maximum absolute atomic E-state index is 12.6. The van der Waals surface area contributed by atoms with Crippen molar-refractivity contribution >= 4 is 35.7 Å². The van der Waals surface area contributed by atoms with Crippen LogP contribution < -0.4 is 5.32 Å². The summed E-state index contributed by atoms with van der Waals surface area (Å²) >= 11 is 3.88. The molecule has 1 aromatic rings. The number of aliphatic hydroxyl groups excluding tert-OH is 4. The van der Waals surface area contributed by atoms with Gasteiger partial charge in [0, 0.05) is 62.9 Å². The molecule has 1 spiro atoms. The van der Waals surface area contributed by atoms with Crippen LogP contribution in [0.5, 0.6) is 0 Å². The van der Waals surface area contributed by atoms with Crippen molar-refractivity contribution in [2.75, 3.05) is 41.5 Å². The zero-order chi connectivity index (χ0) is 53.4. The maximum Gasteiger partial charge on any atom is 0.469 e. The molecule has 71 heavy (non-hydrogen) atoms. The number of likely N-dealkylation sites (N-methyl/N-ethyl adjacent to an activating group) is 1. The van der Waals surface area contributed by atoms with Crippen LogP contribution in [0.1, 0.15) is 105 Å². The van der Waals surface area contributed by atoms with Crippen molar-refractivity contribution in [1.82, 2.24) is 15.2 Å². The Bertz CT molecular complexity index is 2120. The molecule has 0 saturated carbocycles. The minimum Gasteiger partial charge on any atom is -0.448 e. The van der Waals surface area contributed by atoms with Crippen molar-refractivity contribution in [3.63, 3.8) is 0 Å². The summed E-state index contributed by atoms with van der Waals surface area (Å²) in [6.07, 6.45) is 3.33. The second kappa shape index (κ2) is 25.7. The lowest BCUT2D eigenvalue weighted by Gasteiger charge is -2.50. The van der Waals surface area contributed by atoms with Gasteiger partial charge in [-0.1, -0.05) is 81.8 Å². The Hall–Kier alpha value is -2.68. The number of nitriles is 1. The zero-order valence-electron chi connectivity index (χ0n) is 43.5. The highest BCUT2D eigenvalue weighted by atomic mass is 79.9. The van der Waals surface area contributed by atoms with E-state index in [1.165, 1.54) is 26.6 Å². The number of methoxy groups -OCH3 is 2. The Morgan fingerprint density at radius 3 is 2.38 bits per heavy atom. The van der Waals surface area contributed by atoms with Gasteiger partial charge in [0.15, 0.2) is 17.8 Å². The first-order valence-corrected chi connectivity index (χ1v) is 26.7. The summed E-state index contributed by atoms with van der Waals surface area (Å²) in [5, 5.41) is 56.2. The van der Waals surface area contributed by atoms with Gasteiger partial charge in [0.1, 0.15) is 30.3 Å². The van der Waals surface area contributed by atoms with Crippen molar-refractivity contribution in [3.8, 4) is 6.07 Å². The first-order chi connectivity index (χ1) is 33.1. The maximum atomic E-state index is 12.6. The Labute approximate surface area is 428 Å². The standard InChI is InChI=1S/C50H80BrN4O15P/c1-28(20-22-52)16-14-17-30(3)49(9)44(51)33(6)42(68-49)32(5)36(56)24-39(65-13)43-45(70-71(61,62)63)48(7,8)50(69-43)25-37(57)31(4)38(67-50)19-15-18-34-26-66-47(54-34)29(2)21-23-53-46(60)41(59)40(58)35(27-64-12)55(10)11/h14-18,20,26,29,31-33,35-45,56-59H,19,21,23-25,27H2,1-13H3,(H,53,60)(H2,61,62,63)/b16-14+,18-15+,28-20-,30-17+/t29-,31-,32-,33-,35-,36-,37+,38-,39-,40-,41-,42-,43+,44+,45-,49-,50-/m1/s1. The minimum absolute atomic E-state index is 0.0219. The molecule has 7 N–H and O–H groups in total. The first kappa shape index (κ1) is 60.9. The Morgan fingerprint density at radius 1 is 1.10 bits per heavy atom. The summed E-state index contributed by atoms with van der Waals surface area (Å²) in [6, 6.07) is 1.43. The lowest BCUT2D eigenvalue weighted by Crippen LogP contribution is -2.58. The smallest absolute Gasteiger partial charge is 0.448 e. The molecule has 1 amide bonds. The number of allylic oxidation sites excluding steroid dienone is 5. The van der Waals surface area contributed by atoms with Crippen molar-refractivity contribution in [2.45, 2.75) is 171 Å². The summed E-state index contributed by atoms with van der Waals surface area (Å²) in [5.74, 6) is -3.00. The molecule has 4 heterocycles. The van der Waals surface area contributed by atoms with E-state index in [9.17, 15) is 39.6 Å². The molecule has 0 aromatic carbocycles. The molecular formula is C50H80BrN4O15P. The van der Waals surface area contributed by atoms with Crippen LogP contribution in [0, 0.1) is 34.5 Å². The summed E-state index contributed by atoms with van der Waals surface area (Å²) < 4.78 is 55.4. The summed E-state index contributed by atoms with van der Waals surface area (Å²) in [5.41, 5.74) is 0.249. The number of hydrogen-bond acceptors (Lipinski definition) is 16.